The second kappa shape index (κ2) is 7.37. The van der Waals surface area contributed by atoms with Gasteiger partial charge in [-0.15, -0.1) is 0 Å². The first-order valence-corrected chi connectivity index (χ1v) is 6.56. The van der Waals surface area contributed by atoms with E-state index in [2.05, 4.69) is 17.3 Å². The molecule has 1 aromatic rings. The lowest BCUT2D eigenvalue weighted by Gasteiger charge is -2.01. The summed E-state index contributed by atoms with van der Waals surface area (Å²) in [5, 5.41) is 16.1. The Hall–Kier alpha value is -2.09. The van der Waals surface area contributed by atoms with Crippen LogP contribution in [-0.2, 0) is 11.3 Å². The van der Waals surface area contributed by atoms with Crippen LogP contribution in [-0.4, -0.2) is 22.2 Å². The summed E-state index contributed by atoms with van der Waals surface area (Å²) in [5.74, 6) is -0.327. The van der Waals surface area contributed by atoms with E-state index in [-0.39, 0.29) is 11.5 Å². The number of amides is 1. The van der Waals surface area contributed by atoms with Gasteiger partial charge in [0.15, 0.2) is 0 Å². The van der Waals surface area contributed by atoms with Gasteiger partial charge in [0.05, 0.1) is 5.69 Å². The van der Waals surface area contributed by atoms with Gasteiger partial charge in [0.1, 0.15) is 11.6 Å². The lowest BCUT2D eigenvalue weighted by Crippen LogP contribution is -2.25. The number of hydrogen-bond acceptors (Lipinski definition) is 3. The van der Waals surface area contributed by atoms with Crippen LogP contribution in [0, 0.1) is 18.3 Å². The highest BCUT2D eigenvalue weighted by molar-refractivity contribution is 6.01. The summed E-state index contributed by atoms with van der Waals surface area (Å²) in [5.41, 5.74) is 1.76. The number of aryl methyl sites for hydroxylation is 2. The number of nitrogens with zero attached hydrogens (tertiary/aromatic N) is 3. The van der Waals surface area contributed by atoms with Crippen LogP contribution >= 0.6 is 0 Å². The van der Waals surface area contributed by atoms with Gasteiger partial charge >= 0.3 is 0 Å². The van der Waals surface area contributed by atoms with Crippen LogP contribution in [0.5, 0.6) is 0 Å². The molecular formula is C14H20N4O. The maximum absolute atomic E-state index is 11.8. The molecule has 1 amide bonds. The normalized spacial score (nSPS) is 11.2. The number of carbonyl (C=O) groups excluding carboxylic acids is 1. The highest BCUT2D eigenvalue weighted by Gasteiger charge is 2.10. The van der Waals surface area contributed by atoms with Gasteiger partial charge in [0, 0.05) is 24.8 Å². The van der Waals surface area contributed by atoms with Gasteiger partial charge in [-0.05, 0) is 25.8 Å². The van der Waals surface area contributed by atoms with Crippen LogP contribution < -0.4 is 5.32 Å². The van der Waals surface area contributed by atoms with Crippen LogP contribution in [0.25, 0.3) is 6.08 Å². The van der Waals surface area contributed by atoms with Crippen molar-refractivity contribution in [2.45, 2.75) is 40.2 Å². The topological polar surface area (TPSA) is 70.7 Å². The number of hydrogen-bond donors (Lipinski definition) is 1. The number of rotatable bonds is 6. The first kappa shape index (κ1) is 15.0. The molecule has 5 heteroatoms. The monoisotopic (exact) mass is 260 g/mol. The minimum absolute atomic E-state index is 0.118. The number of nitriles is 1. The fraction of sp³-hybridized carbons (Fsp3) is 0.500. The van der Waals surface area contributed by atoms with Gasteiger partial charge in [-0.1, -0.05) is 13.8 Å². The zero-order chi connectivity index (χ0) is 14.3. The molecule has 1 rings (SSSR count). The largest absolute Gasteiger partial charge is 0.351 e. The Bertz CT molecular complexity index is 508. The summed E-state index contributed by atoms with van der Waals surface area (Å²) in [6.45, 7) is 7.32. The van der Waals surface area contributed by atoms with Crippen LogP contribution in [0.2, 0.25) is 0 Å². The number of carbonyl (C=O) groups is 1. The zero-order valence-corrected chi connectivity index (χ0v) is 11.7. The van der Waals surface area contributed by atoms with E-state index < -0.39 is 0 Å². The molecule has 0 aromatic carbocycles. The maximum Gasteiger partial charge on any atom is 0.261 e. The lowest BCUT2D eigenvalue weighted by molar-refractivity contribution is -0.117. The molecule has 102 valence electrons. The van der Waals surface area contributed by atoms with Gasteiger partial charge in [0.25, 0.3) is 5.91 Å². The van der Waals surface area contributed by atoms with E-state index in [9.17, 15) is 4.79 Å². The lowest BCUT2D eigenvalue weighted by atomic mass is 10.1. The van der Waals surface area contributed by atoms with Crippen molar-refractivity contribution >= 4 is 12.0 Å². The van der Waals surface area contributed by atoms with E-state index in [0.717, 1.165) is 30.6 Å². The molecule has 0 saturated heterocycles. The average Bonchev–Trinajstić information content (AvgIpc) is 2.73. The molecule has 1 heterocycles. The SMILES string of the molecule is CCCNC(=O)/C(C#N)=C/c1cn(CCC)nc1C. The quantitative estimate of drug-likeness (QED) is 0.628. The summed E-state index contributed by atoms with van der Waals surface area (Å²) < 4.78 is 1.83. The molecule has 1 aromatic heterocycles. The Morgan fingerprint density at radius 3 is 2.84 bits per heavy atom. The first-order chi connectivity index (χ1) is 9.12. The summed E-state index contributed by atoms with van der Waals surface area (Å²) in [6.07, 6.45) is 5.30. The van der Waals surface area contributed by atoms with Crippen LogP contribution in [0.1, 0.15) is 37.9 Å². The van der Waals surface area contributed by atoms with Gasteiger partial charge in [-0.3, -0.25) is 9.48 Å². The highest BCUT2D eigenvalue weighted by atomic mass is 16.1. The molecule has 0 aliphatic rings. The molecule has 0 saturated carbocycles. The summed E-state index contributed by atoms with van der Waals surface area (Å²) in [6, 6.07) is 1.94. The minimum atomic E-state index is -0.327. The molecule has 0 bridgehead atoms. The minimum Gasteiger partial charge on any atom is -0.351 e. The molecule has 0 aliphatic heterocycles. The van der Waals surface area contributed by atoms with Crippen molar-refractivity contribution in [3.05, 3.63) is 23.0 Å². The number of aromatic nitrogens is 2. The summed E-state index contributed by atoms with van der Waals surface area (Å²) in [7, 11) is 0. The molecule has 1 N–H and O–H groups in total. The predicted molar refractivity (Wildman–Crippen MR) is 74.1 cm³/mol. The zero-order valence-electron chi connectivity index (χ0n) is 11.7. The van der Waals surface area contributed by atoms with Crippen molar-refractivity contribution in [1.29, 1.82) is 5.26 Å². The Balaban J connectivity index is 2.91. The molecule has 5 nitrogen and oxygen atoms in total. The fourth-order valence-electron chi connectivity index (χ4n) is 1.66. The Morgan fingerprint density at radius 1 is 1.53 bits per heavy atom. The summed E-state index contributed by atoms with van der Waals surface area (Å²) >= 11 is 0. The second-order valence-corrected chi connectivity index (χ2v) is 4.36. The van der Waals surface area contributed by atoms with Gasteiger partial charge in [-0.2, -0.15) is 10.4 Å². The Labute approximate surface area is 113 Å². The van der Waals surface area contributed by atoms with E-state index >= 15 is 0 Å². The van der Waals surface area contributed by atoms with Gasteiger partial charge in [0.2, 0.25) is 0 Å². The van der Waals surface area contributed by atoms with E-state index in [0.29, 0.717) is 6.54 Å². The predicted octanol–water partition coefficient (Wildman–Crippen LogP) is 2.03. The molecule has 0 spiro atoms. The Kier molecular flexibility index (Phi) is 5.80. The van der Waals surface area contributed by atoms with E-state index in [4.69, 9.17) is 5.26 Å². The maximum atomic E-state index is 11.8. The van der Waals surface area contributed by atoms with Crippen molar-refractivity contribution in [3.8, 4) is 6.07 Å². The van der Waals surface area contributed by atoms with Crippen LogP contribution in [0.4, 0.5) is 0 Å². The van der Waals surface area contributed by atoms with E-state index in [1.165, 1.54) is 0 Å². The van der Waals surface area contributed by atoms with Gasteiger partial charge in [-0.25, -0.2) is 0 Å². The highest BCUT2D eigenvalue weighted by Crippen LogP contribution is 2.11. The van der Waals surface area contributed by atoms with Crippen molar-refractivity contribution < 1.29 is 4.79 Å². The third kappa shape index (κ3) is 4.25. The van der Waals surface area contributed by atoms with Crippen molar-refractivity contribution in [1.82, 2.24) is 15.1 Å². The van der Waals surface area contributed by atoms with Crippen molar-refractivity contribution in [2.24, 2.45) is 0 Å². The third-order valence-corrected chi connectivity index (χ3v) is 2.64. The van der Waals surface area contributed by atoms with E-state index in [1.54, 1.807) is 6.08 Å². The average molecular weight is 260 g/mol. The smallest absolute Gasteiger partial charge is 0.261 e. The first-order valence-electron chi connectivity index (χ1n) is 6.56. The molecular weight excluding hydrogens is 240 g/mol. The van der Waals surface area contributed by atoms with Crippen molar-refractivity contribution in [2.75, 3.05) is 6.54 Å². The fourth-order valence-corrected chi connectivity index (χ4v) is 1.66. The van der Waals surface area contributed by atoms with E-state index in [1.807, 2.05) is 30.8 Å². The van der Waals surface area contributed by atoms with Crippen LogP contribution in [0.3, 0.4) is 0 Å². The Morgan fingerprint density at radius 2 is 2.26 bits per heavy atom. The third-order valence-electron chi connectivity index (χ3n) is 2.64. The van der Waals surface area contributed by atoms with Gasteiger partial charge < -0.3 is 5.32 Å². The molecule has 0 unspecified atom stereocenters. The summed E-state index contributed by atoms with van der Waals surface area (Å²) in [4.78, 5) is 11.8. The second-order valence-electron chi connectivity index (χ2n) is 4.36. The molecule has 0 radical (unpaired) electrons. The molecule has 19 heavy (non-hydrogen) atoms. The molecule has 0 atom stereocenters. The molecule has 0 fully saturated rings. The van der Waals surface area contributed by atoms with Crippen LogP contribution in [0.15, 0.2) is 11.8 Å². The number of nitrogens with one attached hydrogen (secondary N) is 1. The molecule has 0 aliphatic carbocycles. The van der Waals surface area contributed by atoms with Crippen molar-refractivity contribution in [3.63, 3.8) is 0 Å². The standard InChI is InChI=1S/C14H20N4O/c1-4-6-16-14(19)12(9-15)8-13-10-18(7-5-2)17-11(13)3/h8,10H,4-7H2,1-3H3,(H,16,19)/b12-8+.